The number of carboxylic acid groups (broad SMARTS) is 1. The summed E-state index contributed by atoms with van der Waals surface area (Å²) >= 11 is 0. The minimum atomic E-state index is -1.22. The van der Waals surface area contributed by atoms with Gasteiger partial charge in [0.2, 0.25) is 0 Å². The number of hydrogen-bond donors (Lipinski definition) is 5. The maximum Gasteiger partial charge on any atom is 0.328 e. The van der Waals surface area contributed by atoms with Gasteiger partial charge in [0.25, 0.3) is 0 Å². The second kappa shape index (κ2) is 3.14. The van der Waals surface area contributed by atoms with Crippen LogP contribution in [0.1, 0.15) is 0 Å². The minimum absolute atomic E-state index is 0.269. The summed E-state index contributed by atoms with van der Waals surface area (Å²) in [5.41, 5.74) is 3.90. The van der Waals surface area contributed by atoms with Crippen LogP contribution in [0.5, 0.6) is 0 Å². The summed E-state index contributed by atoms with van der Waals surface area (Å²) < 4.78 is 0. The van der Waals surface area contributed by atoms with E-state index in [4.69, 9.17) is 15.3 Å². The molecule has 0 aliphatic carbocycles. The van der Waals surface area contributed by atoms with Crippen LogP contribution in [-0.2, 0) is 4.79 Å². The van der Waals surface area contributed by atoms with E-state index in [-0.39, 0.29) is 6.54 Å². The normalized spacial score (nSPS) is 38.5. The molecule has 6 heteroatoms. The van der Waals surface area contributed by atoms with Crippen molar-refractivity contribution in [1.82, 2.24) is 5.43 Å². The Morgan fingerprint density at radius 2 is 2.18 bits per heavy atom. The molecule has 0 amide bonds. The van der Waals surface area contributed by atoms with Crippen LogP contribution in [0.2, 0.25) is 0 Å². The maximum atomic E-state index is 10.4. The molecule has 6 nitrogen and oxygen atoms in total. The van der Waals surface area contributed by atoms with Crippen molar-refractivity contribution in [2.45, 2.75) is 18.2 Å². The number of nitrogens with two attached hydrogens (primary N) is 1. The Bertz CT molecular complexity index is 163. The van der Waals surface area contributed by atoms with Gasteiger partial charge in [-0.05, 0) is 0 Å². The third-order valence-electron chi connectivity index (χ3n) is 1.66. The van der Waals surface area contributed by atoms with Gasteiger partial charge in [0, 0.05) is 0 Å². The second-order valence-electron chi connectivity index (χ2n) is 2.48. The molecule has 1 aliphatic rings. The molecule has 1 rings (SSSR count). The lowest BCUT2D eigenvalue weighted by Crippen LogP contribution is -3.01. The summed E-state index contributed by atoms with van der Waals surface area (Å²) in [4.78, 5) is 10.4. The Morgan fingerprint density at radius 1 is 1.55 bits per heavy atom. The molecule has 0 aromatic carbocycles. The van der Waals surface area contributed by atoms with Crippen molar-refractivity contribution >= 4 is 5.97 Å². The van der Waals surface area contributed by atoms with Gasteiger partial charge < -0.3 is 15.3 Å². The Labute approximate surface area is 62.8 Å². The second-order valence-corrected chi connectivity index (χ2v) is 2.48. The minimum Gasteiger partial charge on any atom is -0.480 e. The van der Waals surface area contributed by atoms with E-state index in [1.807, 2.05) is 0 Å². The first kappa shape index (κ1) is 8.41. The fourth-order valence-corrected chi connectivity index (χ4v) is 0.993. The summed E-state index contributed by atoms with van der Waals surface area (Å²) in [5, 5.41) is 26.6. The number of nitrogens with one attached hydrogen (secondary N) is 1. The smallest absolute Gasteiger partial charge is 0.328 e. The Balaban J connectivity index is 2.58. The molecule has 1 fully saturated rings. The SMILES string of the molecule is O=C(O)C1N[NH2+]CC(O)C1O. The third kappa shape index (κ3) is 1.66. The van der Waals surface area contributed by atoms with Crippen molar-refractivity contribution < 1.29 is 25.5 Å². The van der Waals surface area contributed by atoms with E-state index in [9.17, 15) is 4.79 Å². The van der Waals surface area contributed by atoms with Gasteiger partial charge in [-0.15, -0.1) is 0 Å². The molecule has 0 bridgehead atoms. The van der Waals surface area contributed by atoms with E-state index in [1.54, 1.807) is 0 Å². The monoisotopic (exact) mass is 163 g/mol. The van der Waals surface area contributed by atoms with Crippen LogP contribution in [0.4, 0.5) is 0 Å². The van der Waals surface area contributed by atoms with Crippen molar-refractivity contribution in [2.24, 2.45) is 0 Å². The Hall–Kier alpha value is -0.690. The quantitative estimate of drug-likeness (QED) is 0.255. The number of carboxylic acids is 1. The lowest BCUT2D eigenvalue weighted by Gasteiger charge is -2.27. The first-order chi connectivity index (χ1) is 5.13. The number of aliphatic carboxylic acids is 1. The Kier molecular flexibility index (Phi) is 2.40. The molecule has 6 N–H and O–H groups in total. The third-order valence-corrected chi connectivity index (χ3v) is 1.66. The molecule has 0 aromatic heterocycles. The zero-order valence-corrected chi connectivity index (χ0v) is 5.77. The van der Waals surface area contributed by atoms with Crippen LogP contribution in [0.3, 0.4) is 0 Å². The largest absolute Gasteiger partial charge is 0.480 e. The van der Waals surface area contributed by atoms with Crippen LogP contribution < -0.4 is 10.9 Å². The van der Waals surface area contributed by atoms with Gasteiger partial charge in [-0.1, -0.05) is 0 Å². The highest BCUT2D eigenvalue weighted by atomic mass is 16.4. The van der Waals surface area contributed by atoms with E-state index in [2.05, 4.69) is 5.43 Å². The number of carbonyl (C=O) groups is 1. The molecule has 0 saturated carbocycles. The fraction of sp³-hybridized carbons (Fsp3) is 0.800. The molecule has 11 heavy (non-hydrogen) atoms. The number of hydrogen-bond acceptors (Lipinski definition) is 4. The highest BCUT2D eigenvalue weighted by Crippen LogP contribution is 2.00. The van der Waals surface area contributed by atoms with Crippen LogP contribution in [0.25, 0.3) is 0 Å². The van der Waals surface area contributed by atoms with Gasteiger partial charge in [0.1, 0.15) is 18.8 Å². The maximum absolute atomic E-state index is 10.4. The molecule has 0 radical (unpaired) electrons. The summed E-state index contributed by atoms with van der Waals surface area (Å²) in [6.45, 7) is 0.269. The zero-order chi connectivity index (χ0) is 8.43. The summed E-state index contributed by atoms with van der Waals surface area (Å²) in [7, 11) is 0. The van der Waals surface area contributed by atoms with E-state index in [0.717, 1.165) is 0 Å². The fourth-order valence-electron chi connectivity index (χ4n) is 0.993. The van der Waals surface area contributed by atoms with E-state index in [0.29, 0.717) is 0 Å². The lowest BCUT2D eigenvalue weighted by atomic mass is 10.0. The van der Waals surface area contributed by atoms with Gasteiger partial charge in [-0.3, -0.25) is 10.2 Å². The molecule has 0 spiro atoms. The van der Waals surface area contributed by atoms with E-state index in [1.165, 1.54) is 5.43 Å². The first-order valence-electron chi connectivity index (χ1n) is 3.29. The van der Waals surface area contributed by atoms with Gasteiger partial charge in [0.05, 0.1) is 0 Å². The summed E-state index contributed by atoms with van der Waals surface area (Å²) in [6, 6.07) is -1.08. The van der Waals surface area contributed by atoms with Gasteiger partial charge in [-0.2, -0.15) is 5.43 Å². The predicted octanol–water partition coefficient (Wildman–Crippen LogP) is -3.76. The lowest BCUT2D eigenvalue weighted by molar-refractivity contribution is -0.730. The molecular weight excluding hydrogens is 152 g/mol. The van der Waals surface area contributed by atoms with Gasteiger partial charge >= 0.3 is 5.97 Å². The average Bonchev–Trinajstić information content (AvgIpc) is 1.94. The van der Waals surface area contributed by atoms with Crippen LogP contribution in [-0.4, -0.2) is 46.1 Å². The van der Waals surface area contributed by atoms with Gasteiger partial charge in [0.15, 0.2) is 6.04 Å². The van der Waals surface area contributed by atoms with Crippen molar-refractivity contribution in [3.63, 3.8) is 0 Å². The molecule has 0 aromatic rings. The van der Waals surface area contributed by atoms with Crippen molar-refractivity contribution in [1.29, 1.82) is 0 Å². The first-order valence-corrected chi connectivity index (χ1v) is 3.29. The van der Waals surface area contributed by atoms with Crippen LogP contribution in [0.15, 0.2) is 0 Å². The van der Waals surface area contributed by atoms with E-state index >= 15 is 0 Å². The molecule has 64 valence electrons. The molecule has 3 atom stereocenters. The molecule has 1 saturated heterocycles. The topological polar surface area (TPSA) is 106 Å². The number of aliphatic hydroxyl groups excluding tert-OH is 2. The standard InChI is InChI=1S/C5H10N2O4/c8-2-1-6-7-3(4(2)9)5(10)11/h2-4,6-9H,1H2,(H,10,11)/p+1. The van der Waals surface area contributed by atoms with Crippen molar-refractivity contribution in [3.8, 4) is 0 Å². The summed E-state index contributed by atoms with van der Waals surface area (Å²) in [5.74, 6) is -1.16. The van der Waals surface area contributed by atoms with Crippen LogP contribution in [0, 0.1) is 0 Å². The van der Waals surface area contributed by atoms with Crippen molar-refractivity contribution in [2.75, 3.05) is 6.54 Å². The van der Waals surface area contributed by atoms with Gasteiger partial charge in [-0.25, -0.2) is 0 Å². The molecule has 1 heterocycles. The number of quaternary nitrogens is 1. The highest BCUT2D eigenvalue weighted by molar-refractivity contribution is 5.74. The molecule has 3 unspecified atom stereocenters. The Morgan fingerprint density at radius 3 is 2.64 bits per heavy atom. The number of rotatable bonds is 1. The average molecular weight is 163 g/mol. The molecule has 1 aliphatic heterocycles. The molecular formula is C5H11N2O4+. The van der Waals surface area contributed by atoms with Crippen LogP contribution >= 0.6 is 0 Å². The highest BCUT2D eigenvalue weighted by Gasteiger charge is 2.37. The van der Waals surface area contributed by atoms with E-state index < -0.39 is 24.2 Å². The number of aliphatic hydroxyl groups is 2. The predicted molar refractivity (Wildman–Crippen MR) is 33.4 cm³/mol. The summed E-state index contributed by atoms with van der Waals surface area (Å²) in [6.07, 6.45) is -2.20. The zero-order valence-electron chi connectivity index (χ0n) is 5.77. The van der Waals surface area contributed by atoms with Crippen molar-refractivity contribution in [3.05, 3.63) is 0 Å².